The molecule has 0 bridgehead atoms. The van der Waals surface area contributed by atoms with Crippen LogP contribution in [0.15, 0.2) is 50.2 Å². The molecule has 2 N–H and O–H groups in total. The zero-order valence-electron chi connectivity index (χ0n) is 20.5. The number of nitrogens with zero attached hydrogens (tertiary/aromatic N) is 4. The minimum absolute atomic E-state index is 0.0781. The second-order valence-electron chi connectivity index (χ2n) is 9.81. The lowest BCUT2D eigenvalue weighted by Gasteiger charge is -2.36. The first-order valence-electron chi connectivity index (χ1n) is 12.1. The molecule has 0 aromatic carbocycles. The number of nitrogens with one attached hydrogen (secondary N) is 2. The number of rotatable bonds is 2. The predicted octanol–water partition coefficient (Wildman–Crippen LogP) is 2.16. The lowest BCUT2D eigenvalue weighted by atomic mass is 9.97. The van der Waals surface area contributed by atoms with Crippen LogP contribution in [0.2, 0.25) is 0 Å². The van der Waals surface area contributed by atoms with Gasteiger partial charge in [-0.15, -0.1) is 0 Å². The number of carbonyl (C=O) groups excluding carboxylic acids is 2. The Morgan fingerprint density at radius 2 is 1.88 bits per heavy atom. The fraction of sp³-hybridized carbons (Fsp3) is 0.560. The van der Waals surface area contributed by atoms with Gasteiger partial charge < -0.3 is 25.3 Å². The van der Waals surface area contributed by atoms with Crippen LogP contribution in [0.25, 0.3) is 0 Å². The Kier molecular flexibility index (Phi) is 6.22. The van der Waals surface area contributed by atoms with Crippen LogP contribution in [0.3, 0.4) is 0 Å². The van der Waals surface area contributed by atoms with Crippen LogP contribution in [0, 0.1) is 0 Å². The molecular weight excluding hydrogens is 448 g/mol. The van der Waals surface area contributed by atoms with Gasteiger partial charge in [0.1, 0.15) is 0 Å². The summed E-state index contributed by atoms with van der Waals surface area (Å²) >= 11 is 1.64. The zero-order chi connectivity index (χ0) is 24.0. The van der Waals surface area contributed by atoms with E-state index in [-0.39, 0.29) is 23.2 Å². The van der Waals surface area contributed by atoms with Crippen molar-refractivity contribution in [2.24, 2.45) is 4.99 Å². The summed E-state index contributed by atoms with van der Waals surface area (Å²) in [6.07, 6.45) is 7.36. The lowest BCUT2D eigenvalue weighted by Crippen LogP contribution is -2.53. The molecule has 1 saturated heterocycles. The monoisotopic (exact) mass is 482 g/mol. The van der Waals surface area contributed by atoms with E-state index in [0.717, 1.165) is 42.4 Å². The van der Waals surface area contributed by atoms with Gasteiger partial charge in [0.15, 0.2) is 11.3 Å². The molecule has 34 heavy (non-hydrogen) atoms. The van der Waals surface area contributed by atoms with Crippen LogP contribution in [0.4, 0.5) is 0 Å². The van der Waals surface area contributed by atoms with Crippen LogP contribution in [0.1, 0.15) is 40.0 Å². The van der Waals surface area contributed by atoms with E-state index in [9.17, 15) is 9.59 Å². The molecule has 0 saturated carbocycles. The van der Waals surface area contributed by atoms with Crippen molar-refractivity contribution in [2.75, 3.05) is 39.8 Å². The van der Waals surface area contributed by atoms with Crippen molar-refractivity contribution in [1.29, 1.82) is 0 Å². The number of guanidine groups is 1. The largest absolute Gasteiger partial charge is 0.357 e. The van der Waals surface area contributed by atoms with Crippen LogP contribution < -0.4 is 10.6 Å². The highest BCUT2D eigenvalue weighted by Crippen LogP contribution is 2.48. The average molecular weight is 483 g/mol. The number of aliphatic imine (C=N–C) groups is 1. The molecule has 0 spiro atoms. The molecule has 0 aromatic rings. The molecule has 2 atom stereocenters. The van der Waals surface area contributed by atoms with Crippen LogP contribution in [0.5, 0.6) is 0 Å². The third kappa shape index (κ3) is 4.37. The fourth-order valence-electron chi connectivity index (χ4n) is 5.42. The summed E-state index contributed by atoms with van der Waals surface area (Å²) in [7, 11) is 2.03. The highest BCUT2D eigenvalue weighted by molar-refractivity contribution is 8.04. The first-order valence-corrected chi connectivity index (χ1v) is 13.0. The summed E-state index contributed by atoms with van der Waals surface area (Å²) in [5.41, 5.74) is 6.23. The molecule has 8 nitrogen and oxygen atoms in total. The third-order valence-corrected chi connectivity index (χ3v) is 8.63. The Bertz CT molecular complexity index is 1060. The van der Waals surface area contributed by atoms with Gasteiger partial charge in [-0.3, -0.25) is 9.59 Å². The number of amides is 2. The molecule has 5 rings (SSSR count). The maximum atomic E-state index is 13.4. The summed E-state index contributed by atoms with van der Waals surface area (Å²) in [5, 5.41) is 6.78. The van der Waals surface area contributed by atoms with Gasteiger partial charge in [-0.1, -0.05) is 35.1 Å². The van der Waals surface area contributed by atoms with Gasteiger partial charge in [0.05, 0.1) is 16.6 Å². The van der Waals surface area contributed by atoms with Gasteiger partial charge in [-0.2, -0.15) is 0 Å². The van der Waals surface area contributed by atoms with E-state index in [1.165, 1.54) is 22.4 Å². The second kappa shape index (κ2) is 9.17. The first-order chi connectivity index (χ1) is 16.3. The molecule has 2 unspecified atom stereocenters. The van der Waals surface area contributed by atoms with Gasteiger partial charge in [0.2, 0.25) is 5.91 Å². The van der Waals surface area contributed by atoms with E-state index in [0.29, 0.717) is 26.2 Å². The Labute approximate surface area is 205 Å². The van der Waals surface area contributed by atoms with E-state index < -0.39 is 0 Å². The van der Waals surface area contributed by atoms with E-state index in [1.54, 1.807) is 18.7 Å². The number of fused-ring (bicyclic) bond motifs is 1. The average Bonchev–Trinajstić information content (AvgIpc) is 3.15. The normalized spacial score (nSPS) is 26.9. The highest BCUT2D eigenvalue weighted by Gasteiger charge is 2.41. The number of likely N-dealkylation sites (N-methyl/N-ethyl adjacent to an activating group) is 1. The van der Waals surface area contributed by atoms with Crippen LogP contribution in [-0.2, 0) is 9.59 Å². The number of carbonyl (C=O) groups is 2. The Morgan fingerprint density at radius 3 is 2.59 bits per heavy atom. The van der Waals surface area contributed by atoms with E-state index in [4.69, 9.17) is 4.99 Å². The summed E-state index contributed by atoms with van der Waals surface area (Å²) in [4.78, 5) is 37.1. The Morgan fingerprint density at radius 1 is 1.15 bits per heavy atom. The molecule has 182 valence electrons. The van der Waals surface area contributed by atoms with Gasteiger partial charge in [-0.05, 0) is 38.7 Å². The molecule has 3 heterocycles. The third-order valence-electron chi connectivity index (χ3n) is 7.23. The maximum Gasteiger partial charge on any atom is 0.256 e. The number of allylic oxidation sites excluding steroid dienone is 3. The number of hydrogen-bond donors (Lipinski definition) is 2. The maximum absolute atomic E-state index is 13.4. The number of thioether (sulfide) groups is 1. The molecular formula is C25H34N6O2S. The van der Waals surface area contributed by atoms with Crippen molar-refractivity contribution in [3.8, 4) is 0 Å². The SMILES string of the molecule is CC(=O)N1CCN(C(=O)C2SC3=C(CCC4=C3N=C(NC3C=C(C)C=C(C)C3)NC4)N2C)CC1. The Balaban J connectivity index is 1.29. The zero-order valence-corrected chi connectivity index (χ0v) is 21.3. The van der Waals surface area contributed by atoms with Gasteiger partial charge in [0, 0.05) is 52.4 Å². The van der Waals surface area contributed by atoms with Crippen LogP contribution >= 0.6 is 11.8 Å². The molecule has 9 heteroatoms. The predicted molar refractivity (Wildman–Crippen MR) is 136 cm³/mol. The minimum Gasteiger partial charge on any atom is -0.357 e. The van der Waals surface area contributed by atoms with E-state index in [2.05, 4.69) is 41.5 Å². The van der Waals surface area contributed by atoms with Crippen molar-refractivity contribution < 1.29 is 9.59 Å². The van der Waals surface area contributed by atoms with Gasteiger partial charge in [-0.25, -0.2) is 4.99 Å². The van der Waals surface area contributed by atoms with Crippen molar-refractivity contribution in [3.05, 3.63) is 45.2 Å². The summed E-state index contributed by atoms with van der Waals surface area (Å²) in [5.74, 6) is 1.03. The molecule has 0 radical (unpaired) electrons. The molecule has 2 amide bonds. The minimum atomic E-state index is -0.265. The molecule has 3 aliphatic heterocycles. The van der Waals surface area contributed by atoms with Crippen molar-refractivity contribution in [2.45, 2.75) is 51.4 Å². The lowest BCUT2D eigenvalue weighted by molar-refractivity contribution is -0.139. The second-order valence-corrected chi connectivity index (χ2v) is 10.9. The van der Waals surface area contributed by atoms with Crippen molar-refractivity contribution >= 4 is 29.5 Å². The highest BCUT2D eigenvalue weighted by atomic mass is 32.2. The molecule has 2 aliphatic carbocycles. The standard InChI is InChI=1S/C25H34N6O2S/c1-15-11-16(2)13-19(12-15)27-25-26-14-18-5-6-20-22(21(18)28-25)34-24(29(20)4)23(33)31-9-7-30(8-10-31)17(3)32/h11-12,19,24H,5-10,13-14H2,1-4H3,(H2,26,27,28). The molecule has 0 aromatic heterocycles. The quantitative estimate of drug-likeness (QED) is 0.628. The Hall–Kier alpha value is -2.68. The molecule has 1 fully saturated rings. The topological polar surface area (TPSA) is 80.3 Å². The number of hydrogen-bond acceptors (Lipinski definition) is 7. The van der Waals surface area contributed by atoms with Crippen molar-refractivity contribution in [1.82, 2.24) is 25.3 Å². The van der Waals surface area contributed by atoms with Crippen molar-refractivity contribution in [3.63, 3.8) is 0 Å². The van der Waals surface area contributed by atoms with Gasteiger partial charge in [0.25, 0.3) is 5.91 Å². The molecule has 5 aliphatic rings. The van der Waals surface area contributed by atoms with E-state index in [1.807, 2.05) is 16.8 Å². The fourth-order valence-corrected chi connectivity index (χ4v) is 6.86. The summed E-state index contributed by atoms with van der Waals surface area (Å²) in [6.45, 7) is 9.10. The van der Waals surface area contributed by atoms with E-state index >= 15 is 0 Å². The summed E-state index contributed by atoms with van der Waals surface area (Å²) in [6, 6.07) is 0.234. The number of piperazine rings is 1. The summed E-state index contributed by atoms with van der Waals surface area (Å²) < 4.78 is 0. The first kappa shape index (κ1) is 23.1. The van der Waals surface area contributed by atoms with Crippen LogP contribution in [-0.4, -0.2) is 83.7 Å². The van der Waals surface area contributed by atoms with Gasteiger partial charge >= 0.3 is 0 Å². The smallest absolute Gasteiger partial charge is 0.256 e.